The zero-order valence-corrected chi connectivity index (χ0v) is 8.56. The van der Waals surface area contributed by atoms with Gasteiger partial charge < -0.3 is 10.8 Å². The average Bonchev–Trinajstić information content (AvgIpc) is 2.28. The molecule has 0 bridgehead atoms. The van der Waals surface area contributed by atoms with Crippen molar-refractivity contribution in [1.82, 2.24) is 0 Å². The molecule has 0 aliphatic carbocycles. The molecule has 0 aromatic heterocycles. The predicted molar refractivity (Wildman–Crippen MR) is 59.0 cm³/mol. The summed E-state index contributed by atoms with van der Waals surface area (Å²) in [5.41, 5.74) is 6.42. The fourth-order valence-corrected chi connectivity index (χ4v) is 1.08. The van der Waals surface area contributed by atoms with E-state index in [1.807, 2.05) is 0 Å². The van der Waals surface area contributed by atoms with Crippen molar-refractivity contribution in [3.63, 3.8) is 0 Å². The Morgan fingerprint density at radius 2 is 1.88 bits per heavy atom. The molecule has 0 unspecified atom stereocenters. The van der Waals surface area contributed by atoms with Crippen LogP contribution in [0.5, 0.6) is 0 Å². The van der Waals surface area contributed by atoms with E-state index in [0.717, 1.165) is 0 Å². The zero-order chi connectivity index (χ0) is 12.0. The SMILES string of the molecule is NCC(=O)c1ccc(C#CCC(=O)O)cc1. The van der Waals surface area contributed by atoms with Crippen LogP contribution in [0.3, 0.4) is 0 Å². The van der Waals surface area contributed by atoms with E-state index >= 15 is 0 Å². The predicted octanol–water partition coefficient (Wildman–Crippen LogP) is 0.654. The van der Waals surface area contributed by atoms with Gasteiger partial charge in [-0.15, -0.1) is 0 Å². The second-order valence-electron chi connectivity index (χ2n) is 3.08. The molecule has 4 heteroatoms. The molecule has 0 aliphatic heterocycles. The monoisotopic (exact) mass is 217 g/mol. The Bertz CT molecular complexity index is 451. The fraction of sp³-hybridized carbons (Fsp3) is 0.167. The second kappa shape index (κ2) is 5.69. The van der Waals surface area contributed by atoms with Crippen LogP contribution >= 0.6 is 0 Å². The number of hydrogen-bond acceptors (Lipinski definition) is 3. The third kappa shape index (κ3) is 3.56. The first-order valence-electron chi connectivity index (χ1n) is 4.67. The minimum absolute atomic E-state index is 0.0238. The highest BCUT2D eigenvalue weighted by atomic mass is 16.4. The number of ketones is 1. The molecule has 0 atom stereocenters. The van der Waals surface area contributed by atoms with Gasteiger partial charge in [0.2, 0.25) is 0 Å². The van der Waals surface area contributed by atoms with Crippen LogP contribution in [0.4, 0.5) is 0 Å². The van der Waals surface area contributed by atoms with Crippen LogP contribution in [-0.4, -0.2) is 23.4 Å². The summed E-state index contributed by atoms with van der Waals surface area (Å²) in [7, 11) is 0. The van der Waals surface area contributed by atoms with Gasteiger partial charge in [0.1, 0.15) is 6.42 Å². The lowest BCUT2D eigenvalue weighted by Gasteiger charge is -1.96. The maximum atomic E-state index is 11.2. The summed E-state index contributed by atoms with van der Waals surface area (Å²) in [6, 6.07) is 6.58. The summed E-state index contributed by atoms with van der Waals surface area (Å²) >= 11 is 0. The molecule has 0 saturated carbocycles. The van der Waals surface area contributed by atoms with Crippen LogP contribution in [0, 0.1) is 11.8 Å². The first-order chi connectivity index (χ1) is 7.63. The average molecular weight is 217 g/mol. The van der Waals surface area contributed by atoms with Crippen LogP contribution in [0.25, 0.3) is 0 Å². The number of rotatable bonds is 3. The van der Waals surface area contributed by atoms with Gasteiger partial charge in [-0.05, 0) is 12.1 Å². The maximum absolute atomic E-state index is 11.2. The Labute approximate surface area is 93.1 Å². The lowest BCUT2D eigenvalue weighted by molar-refractivity contribution is -0.135. The molecule has 3 N–H and O–H groups in total. The van der Waals surface area contributed by atoms with Gasteiger partial charge in [-0.3, -0.25) is 9.59 Å². The number of carbonyl (C=O) groups is 2. The highest BCUT2D eigenvalue weighted by Crippen LogP contribution is 2.03. The van der Waals surface area contributed by atoms with Crippen molar-refractivity contribution in [2.24, 2.45) is 5.73 Å². The van der Waals surface area contributed by atoms with Crippen molar-refractivity contribution in [2.75, 3.05) is 6.54 Å². The third-order valence-corrected chi connectivity index (χ3v) is 1.86. The summed E-state index contributed by atoms with van der Waals surface area (Å²) in [4.78, 5) is 21.4. The second-order valence-corrected chi connectivity index (χ2v) is 3.08. The van der Waals surface area contributed by atoms with E-state index in [2.05, 4.69) is 11.8 Å². The number of hydrogen-bond donors (Lipinski definition) is 2. The molecule has 82 valence electrons. The zero-order valence-electron chi connectivity index (χ0n) is 8.56. The molecule has 1 aromatic rings. The van der Waals surface area contributed by atoms with Crippen molar-refractivity contribution in [3.05, 3.63) is 35.4 Å². The van der Waals surface area contributed by atoms with E-state index in [-0.39, 0.29) is 18.7 Å². The van der Waals surface area contributed by atoms with Gasteiger partial charge in [0.15, 0.2) is 5.78 Å². The number of carboxylic acids is 1. The molecule has 0 fully saturated rings. The largest absolute Gasteiger partial charge is 0.481 e. The van der Waals surface area contributed by atoms with E-state index in [0.29, 0.717) is 11.1 Å². The Morgan fingerprint density at radius 3 is 2.38 bits per heavy atom. The van der Waals surface area contributed by atoms with Crippen LogP contribution in [-0.2, 0) is 4.79 Å². The van der Waals surface area contributed by atoms with Gasteiger partial charge in [0, 0.05) is 11.1 Å². The normalized spacial score (nSPS) is 9.06. The molecule has 0 aliphatic rings. The van der Waals surface area contributed by atoms with Crippen molar-refractivity contribution < 1.29 is 14.7 Å². The Morgan fingerprint density at radius 1 is 1.25 bits per heavy atom. The maximum Gasteiger partial charge on any atom is 0.315 e. The van der Waals surface area contributed by atoms with Gasteiger partial charge >= 0.3 is 5.97 Å². The molecule has 1 aromatic carbocycles. The molecule has 0 amide bonds. The minimum atomic E-state index is -0.956. The first-order valence-corrected chi connectivity index (χ1v) is 4.67. The quantitative estimate of drug-likeness (QED) is 0.575. The number of carboxylic acid groups (broad SMARTS) is 1. The molecule has 0 spiro atoms. The molecule has 0 radical (unpaired) electrons. The van der Waals surface area contributed by atoms with Gasteiger partial charge in [0.25, 0.3) is 0 Å². The summed E-state index contributed by atoms with van der Waals surface area (Å²) < 4.78 is 0. The van der Waals surface area contributed by atoms with Crippen molar-refractivity contribution in [1.29, 1.82) is 0 Å². The summed E-state index contributed by atoms with van der Waals surface area (Å²) in [6.07, 6.45) is -0.191. The molecule has 0 saturated heterocycles. The summed E-state index contributed by atoms with van der Waals surface area (Å²) in [5, 5.41) is 8.38. The van der Waals surface area contributed by atoms with Crippen LogP contribution in [0.2, 0.25) is 0 Å². The van der Waals surface area contributed by atoms with E-state index in [9.17, 15) is 9.59 Å². The standard InChI is InChI=1S/C12H11NO3/c13-8-11(14)10-6-4-9(5-7-10)2-1-3-12(15)16/h4-7H,3,8,13H2,(H,15,16). The number of Topliss-reactive ketones (excluding diaryl/α,β-unsaturated/α-hetero) is 1. The molecule has 0 heterocycles. The fourth-order valence-electron chi connectivity index (χ4n) is 1.08. The molecule has 16 heavy (non-hydrogen) atoms. The van der Waals surface area contributed by atoms with Gasteiger partial charge in [-0.2, -0.15) is 0 Å². The first kappa shape index (κ1) is 12.0. The molecule has 1 rings (SSSR count). The molecule has 4 nitrogen and oxygen atoms in total. The van der Waals surface area contributed by atoms with E-state index in [1.54, 1.807) is 24.3 Å². The number of carbonyl (C=O) groups excluding carboxylic acids is 1. The lowest BCUT2D eigenvalue weighted by atomic mass is 10.1. The lowest BCUT2D eigenvalue weighted by Crippen LogP contribution is -2.13. The number of aliphatic carboxylic acids is 1. The Kier molecular flexibility index (Phi) is 4.25. The van der Waals surface area contributed by atoms with Crippen LogP contribution in [0.1, 0.15) is 22.3 Å². The van der Waals surface area contributed by atoms with Gasteiger partial charge in [-0.25, -0.2) is 0 Å². The number of nitrogens with two attached hydrogens (primary N) is 1. The van der Waals surface area contributed by atoms with Crippen LogP contribution < -0.4 is 5.73 Å². The van der Waals surface area contributed by atoms with Crippen molar-refractivity contribution >= 4 is 11.8 Å². The van der Waals surface area contributed by atoms with Crippen molar-refractivity contribution in [2.45, 2.75) is 6.42 Å². The van der Waals surface area contributed by atoms with Gasteiger partial charge in [0.05, 0.1) is 6.54 Å². The number of benzene rings is 1. The minimum Gasteiger partial charge on any atom is -0.481 e. The molecular weight excluding hydrogens is 206 g/mol. The third-order valence-electron chi connectivity index (χ3n) is 1.86. The van der Waals surface area contributed by atoms with Gasteiger partial charge in [-0.1, -0.05) is 24.0 Å². The highest BCUT2D eigenvalue weighted by molar-refractivity contribution is 5.97. The Hall–Kier alpha value is -2.12. The van der Waals surface area contributed by atoms with E-state index in [4.69, 9.17) is 10.8 Å². The highest BCUT2D eigenvalue weighted by Gasteiger charge is 2.01. The van der Waals surface area contributed by atoms with E-state index in [1.165, 1.54) is 0 Å². The summed E-state index contributed by atoms with van der Waals surface area (Å²) in [6.45, 7) is -0.0238. The molecular formula is C12H11NO3. The van der Waals surface area contributed by atoms with Crippen molar-refractivity contribution in [3.8, 4) is 11.8 Å². The summed E-state index contributed by atoms with van der Waals surface area (Å²) in [5.74, 6) is 4.10. The van der Waals surface area contributed by atoms with Crippen LogP contribution in [0.15, 0.2) is 24.3 Å². The smallest absolute Gasteiger partial charge is 0.315 e. The topological polar surface area (TPSA) is 80.4 Å². The Balaban J connectivity index is 2.74. The van der Waals surface area contributed by atoms with E-state index < -0.39 is 5.97 Å².